The average molecular weight is 435 g/mol. The molecule has 2 aromatic rings. The van der Waals surface area contributed by atoms with Crippen LogP contribution in [0.2, 0.25) is 0 Å². The van der Waals surface area contributed by atoms with E-state index in [0.29, 0.717) is 0 Å². The van der Waals surface area contributed by atoms with E-state index in [9.17, 15) is 28.7 Å². The summed E-state index contributed by atoms with van der Waals surface area (Å²) in [5, 5.41) is 10.1. The number of Topliss-reactive ketones (excluding diaryl/α,β-unsaturated/α-hetero) is 1. The van der Waals surface area contributed by atoms with Crippen molar-refractivity contribution < 1.29 is 33.4 Å². The minimum atomic E-state index is -0.985. The summed E-state index contributed by atoms with van der Waals surface area (Å²) in [7, 11) is 0. The van der Waals surface area contributed by atoms with Gasteiger partial charge in [-0.25, -0.2) is 14.1 Å². The first-order valence-corrected chi connectivity index (χ1v) is 10.2. The van der Waals surface area contributed by atoms with Gasteiger partial charge in [0.05, 0.1) is 17.5 Å². The predicted octanol–water partition coefficient (Wildman–Crippen LogP) is 2.88. The Bertz CT molecular complexity index is 1160. The molecular weight excluding hydrogens is 417 g/mol. The zero-order chi connectivity index (χ0) is 22.6. The number of allylic oxidation sites excluding steroid dienone is 2. The van der Waals surface area contributed by atoms with Crippen molar-refractivity contribution in [2.45, 2.75) is 6.42 Å². The summed E-state index contributed by atoms with van der Waals surface area (Å²) in [6.45, 7) is -0.616. The van der Waals surface area contributed by atoms with Crippen molar-refractivity contribution in [2.75, 3.05) is 11.5 Å². The summed E-state index contributed by atoms with van der Waals surface area (Å²) in [6.07, 6.45) is 4.77. The smallest absolute Gasteiger partial charge is 0.342 e. The number of benzene rings is 2. The first-order valence-electron chi connectivity index (χ1n) is 10.2. The Balaban J connectivity index is 1.33. The maximum absolute atomic E-state index is 13.0. The summed E-state index contributed by atoms with van der Waals surface area (Å²) in [4.78, 5) is 51.7. The molecule has 162 valence electrons. The summed E-state index contributed by atoms with van der Waals surface area (Å²) in [6, 6.07) is 8.58. The lowest BCUT2D eigenvalue weighted by atomic mass is 9.85. The topological polar surface area (TPSA) is 101 Å². The van der Waals surface area contributed by atoms with Gasteiger partial charge in [-0.2, -0.15) is 0 Å². The lowest BCUT2D eigenvalue weighted by Gasteiger charge is -2.18. The molecule has 32 heavy (non-hydrogen) atoms. The van der Waals surface area contributed by atoms with Crippen LogP contribution >= 0.6 is 0 Å². The van der Waals surface area contributed by atoms with Crippen molar-refractivity contribution in [1.29, 1.82) is 0 Å². The lowest BCUT2D eigenvalue weighted by molar-refractivity contribution is -0.123. The summed E-state index contributed by atoms with van der Waals surface area (Å²) in [5.74, 6) is -3.76. The van der Waals surface area contributed by atoms with Gasteiger partial charge in [0.1, 0.15) is 17.1 Å². The highest BCUT2D eigenvalue weighted by atomic mass is 19.1. The first-order chi connectivity index (χ1) is 15.3. The second-order valence-electron chi connectivity index (χ2n) is 8.22. The number of hydrogen-bond acceptors (Lipinski definition) is 6. The fourth-order valence-electron chi connectivity index (χ4n) is 4.91. The highest BCUT2D eigenvalue weighted by Gasteiger charge is 2.59. The van der Waals surface area contributed by atoms with Gasteiger partial charge in [-0.1, -0.05) is 12.2 Å². The van der Waals surface area contributed by atoms with Crippen molar-refractivity contribution in [3.05, 3.63) is 71.6 Å². The van der Waals surface area contributed by atoms with E-state index in [2.05, 4.69) is 0 Å². The van der Waals surface area contributed by atoms with Gasteiger partial charge in [0.25, 0.3) is 0 Å². The molecule has 1 heterocycles. The van der Waals surface area contributed by atoms with Gasteiger partial charge in [0.15, 0.2) is 12.4 Å². The molecule has 1 saturated heterocycles. The van der Waals surface area contributed by atoms with Crippen LogP contribution in [0.3, 0.4) is 0 Å². The number of phenols is 1. The number of rotatable bonds is 5. The van der Waals surface area contributed by atoms with Crippen LogP contribution in [0.1, 0.15) is 27.1 Å². The van der Waals surface area contributed by atoms with Gasteiger partial charge in [0.2, 0.25) is 11.8 Å². The lowest BCUT2D eigenvalue weighted by Crippen LogP contribution is -2.33. The molecule has 2 amide bonds. The number of nitrogens with zero attached hydrogens (tertiary/aromatic N) is 1. The highest BCUT2D eigenvalue weighted by molar-refractivity contribution is 6.23. The molecule has 1 saturated carbocycles. The van der Waals surface area contributed by atoms with Crippen LogP contribution in [0, 0.1) is 29.5 Å². The molecule has 0 radical (unpaired) electrons. The van der Waals surface area contributed by atoms with Crippen LogP contribution in [0.25, 0.3) is 0 Å². The average Bonchev–Trinajstić information content (AvgIpc) is 3.47. The maximum Gasteiger partial charge on any atom is 0.342 e. The van der Waals surface area contributed by atoms with Crippen LogP contribution in [0.4, 0.5) is 10.1 Å². The minimum Gasteiger partial charge on any atom is -0.507 e. The third-order valence-electron chi connectivity index (χ3n) is 6.43. The molecule has 3 aliphatic rings. The van der Waals surface area contributed by atoms with Crippen LogP contribution in [-0.4, -0.2) is 35.3 Å². The molecule has 5 rings (SSSR count). The van der Waals surface area contributed by atoms with Gasteiger partial charge in [-0.3, -0.25) is 14.4 Å². The minimum absolute atomic E-state index is 0.0467. The maximum atomic E-state index is 13.0. The number of fused-ring (bicyclic) bond motifs is 5. The second kappa shape index (κ2) is 7.40. The molecule has 0 spiro atoms. The zero-order valence-corrected chi connectivity index (χ0v) is 16.7. The van der Waals surface area contributed by atoms with E-state index in [1.807, 2.05) is 12.2 Å². The van der Waals surface area contributed by atoms with Gasteiger partial charge >= 0.3 is 5.97 Å². The summed E-state index contributed by atoms with van der Waals surface area (Å²) < 4.78 is 18.0. The standard InChI is InChI=1S/C24H18FNO6/c25-15-5-3-12(4-6-15)19(28)11-32-24(31)17-10-16(7-8-18(17)27)26-22(29)20-13-1-2-14(9-13)21(20)23(26)30/h1-8,10,13-14,20-21,27H,9,11H2/t13-,14-,20-,21+/m0/s1. The van der Waals surface area contributed by atoms with E-state index in [1.165, 1.54) is 30.3 Å². The Hall–Kier alpha value is -3.81. The number of esters is 1. The summed E-state index contributed by atoms with van der Waals surface area (Å²) in [5.41, 5.74) is 0.0665. The van der Waals surface area contributed by atoms with Crippen molar-refractivity contribution in [1.82, 2.24) is 0 Å². The fraction of sp³-hybridized carbons (Fsp3) is 0.250. The number of aromatic hydroxyl groups is 1. The first kappa shape index (κ1) is 20.1. The number of ether oxygens (including phenoxy) is 1. The Labute approximate surface area is 182 Å². The molecule has 2 bridgehead atoms. The number of ketones is 1. The van der Waals surface area contributed by atoms with Crippen LogP contribution < -0.4 is 4.90 Å². The predicted molar refractivity (Wildman–Crippen MR) is 109 cm³/mol. The van der Waals surface area contributed by atoms with Gasteiger partial charge in [0, 0.05) is 5.56 Å². The fourth-order valence-corrected chi connectivity index (χ4v) is 4.91. The number of carbonyl (C=O) groups is 4. The van der Waals surface area contributed by atoms with Crippen LogP contribution in [0.15, 0.2) is 54.6 Å². The number of amides is 2. The van der Waals surface area contributed by atoms with Crippen molar-refractivity contribution in [3.63, 3.8) is 0 Å². The molecule has 2 aromatic carbocycles. The van der Waals surface area contributed by atoms with E-state index in [-0.39, 0.29) is 40.5 Å². The number of imide groups is 1. The summed E-state index contributed by atoms with van der Waals surface area (Å²) >= 11 is 0. The molecule has 0 unspecified atom stereocenters. The number of hydrogen-bond donors (Lipinski definition) is 1. The molecular formula is C24H18FNO6. The highest BCUT2D eigenvalue weighted by Crippen LogP contribution is 2.53. The molecule has 2 aliphatic carbocycles. The van der Waals surface area contributed by atoms with E-state index in [1.54, 1.807) is 0 Å². The van der Waals surface area contributed by atoms with E-state index >= 15 is 0 Å². The molecule has 4 atom stereocenters. The van der Waals surface area contributed by atoms with Gasteiger partial charge in [-0.05, 0) is 60.7 Å². The molecule has 0 aromatic heterocycles. The van der Waals surface area contributed by atoms with E-state index in [0.717, 1.165) is 23.5 Å². The Morgan fingerprint density at radius 1 is 1.00 bits per heavy atom. The van der Waals surface area contributed by atoms with Crippen LogP contribution in [0.5, 0.6) is 5.75 Å². The quantitative estimate of drug-likeness (QED) is 0.336. The third-order valence-corrected chi connectivity index (χ3v) is 6.43. The molecule has 7 nitrogen and oxygen atoms in total. The van der Waals surface area contributed by atoms with E-state index in [4.69, 9.17) is 4.74 Å². The molecule has 2 fully saturated rings. The SMILES string of the molecule is O=C(COC(=O)c1cc(N2C(=O)[C@@H]3[C@H](C2=O)[C@H]2C=C[C@H]3C2)ccc1O)c1ccc(F)cc1. The zero-order valence-electron chi connectivity index (χ0n) is 16.7. The largest absolute Gasteiger partial charge is 0.507 e. The number of halogens is 1. The monoisotopic (exact) mass is 435 g/mol. The number of carbonyl (C=O) groups excluding carboxylic acids is 4. The molecule has 8 heteroatoms. The van der Waals surface area contributed by atoms with Crippen molar-refractivity contribution in [2.24, 2.45) is 23.7 Å². The number of phenolic OH excluding ortho intramolecular Hbond substituents is 1. The Morgan fingerprint density at radius 3 is 2.25 bits per heavy atom. The Kier molecular flexibility index (Phi) is 4.65. The van der Waals surface area contributed by atoms with Gasteiger partial charge in [-0.15, -0.1) is 0 Å². The van der Waals surface area contributed by atoms with Crippen molar-refractivity contribution >= 4 is 29.3 Å². The van der Waals surface area contributed by atoms with Crippen molar-refractivity contribution in [3.8, 4) is 5.75 Å². The third kappa shape index (κ3) is 3.10. The number of anilines is 1. The van der Waals surface area contributed by atoms with E-state index < -0.39 is 41.8 Å². The molecule has 1 N–H and O–H groups in total. The van der Waals surface area contributed by atoms with Gasteiger partial charge < -0.3 is 9.84 Å². The normalized spacial score (nSPS) is 25.3. The molecule has 1 aliphatic heterocycles. The second-order valence-corrected chi connectivity index (χ2v) is 8.22. The van der Waals surface area contributed by atoms with Crippen LogP contribution in [-0.2, 0) is 14.3 Å². The Morgan fingerprint density at radius 2 is 1.62 bits per heavy atom.